The molecule has 47 heavy (non-hydrogen) atoms. The molecule has 0 amide bonds. The van der Waals surface area contributed by atoms with Crippen molar-refractivity contribution < 1.29 is 23.6 Å². The number of aromatic nitrogens is 4. The molecule has 4 heterocycles. The number of carbonyl (C=O) groups excluding carboxylic acids is 2. The smallest absolute Gasteiger partial charge is 0.323 e. The number of rotatable bonds is 12. The Labute approximate surface area is 274 Å². The van der Waals surface area contributed by atoms with Crippen molar-refractivity contribution in [2.75, 3.05) is 49.9 Å². The van der Waals surface area contributed by atoms with Gasteiger partial charge in [0.25, 0.3) is 5.56 Å². The van der Waals surface area contributed by atoms with Crippen LogP contribution in [0.15, 0.2) is 29.3 Å². The molecule has 5 rings (SSSR count). The van der Waals surface area contributed by atoms with Crippen molar-refractivity contribution in [1.82, 2.24) is 29.3 Å². The number of ketones is 1. The number of carbonyl (C=O) groups is 2. The molecule has 254 valence electrons. The molecule has 2 N–H and O–H groups in total. The Morgan fingerprint density at radius 1 is 1.06 bits per heavy atom. The van der Waals surface area contributed by atoms with Crippen LogP contribution in [0.5, 0.6) is 0 Å². The molecular formula is C32H45N8O6P. The van der Waals surface area contributed by atoms with E-state index in [9.17, 15) is 18.9 Å². The van der Waals surface area contributed by atoms with Crippen molar-refractivity contribution in [2.45, 2.75) is 78.5 Å². The second-order valence-electron chi connectivity index (χ2n) is 12.5. The van der Waals surface area contributed by atoms with Crippen LogP contribution in [0, 0.1) is 6.92 Å². The molecule has 1 aliphatic heterocycles. The number of ether oxygens (including phenoxy) is 2. The van der Waals surface area contributed by atoms with Gasteiger partial charge in [0.2, 0.25) is 13.4 Å². The minimum Gasteiger partial charge on any atom is -0.462 e. The first-order valence-corrected chi connectivity index (χ1v) is 18.0. The van der Waals surface area contributed by atoms with E-state index in [1.165, 1.54) is 14.0 Å². The van der Waals surface area contributed by atoms with Gasteiger partial charge in [-0.1, -0.05) is 12.8 Å². The Bertz CT molecular complexity index is 1720. The lowest BCUT2D eigenvalue weighted by molar-refractivity contribution is -0.149. The highest BCUT2D eigenvalue weighted by Gasteiger charge is 2.36. The largest absolute Gasteiger partial charge is 0.462 e. The second kappa shape index (κ2) is 14.6. The van der Waals surface area contributed by atoms with E-state index in [1.807, 2.05) is 16.8 Å². The molecule has 2 atom stereocenters. The van der Waals surface area contributed by atoms with Gasteiger partial charge in [-0.25, -0.2) is 19.7 Å². The molecule has 0 spiro atoms. The van der Waals surface area contributed by atoms with Crippen molar-refractivity contribution in [1.29, 1.82) is 0 Å². The minimum absolute atomic E-state index is 0.00621. The molecule has 15 heteroatoms. The van der Waals surface area contributed by atoms with E-state index in [0.717, 1.165) is 31.4 Å². The molecule has 0 radical (unpaired) electrons. The number of hydrogen-bond acceptors (Lipinski definition) is 11. The topological polar surface area (TPSA) is 161 Å². The maximum Gasteiger partial charge on any atom is 0.323 e. The van der Waals surface area contributed by atoms with Crippen molar-refractivity contribution in [3.63, 3.8) is 0 Å². The van der Waals surface area contributed by atoms with Crippen molar-refractivity contribution in [3.05, 3.63) is 46.0 Å². The van der Waals surface area contributed by atoms with Gasteiger partial charge in [-0.05, 0) is 65.2 Å². The van der Waals surface area contributed by atoms with E-state index in [0.29, 0.717) is 54.5 Å². The lowest BCUT2D eigenvalue weighted by atomic mass is 10.0. The van der Waals surface area contributed by atoms with Gasteiger partial charge in [0.1, 0.15) is 23.9 Å². The van der Waals surface area contributed by atoms with E-state index < -0.39 is 19.5 Å². The SMILES string of the molecule is COCP(=O)(N[C@@H](C)C(=O)OC(C)C)N1CCN(c2ccc(Nc3ncc4c(C)c(C(C)=O)c(=O)n(C5CCCC5)c4n3)nc2)CC1. The number of aryl methyl sites for hydroxylation is 1. The maximum absolute atomic E-state index is 13.9. The van der Waals surface area contributed by atoms with Crippen LogP contribution in [0.1, 0.15) is 75.3 Å². The Balaban J connectivity index is 1.28. The summed E-state index contributed by atoms with van der Waals surface area (Å²) in [7, 11) is -1.71. The number of hydrogen-bond donors (Lipinski definition) is 2. The molecule has 0 aromatic carbocycles. The highest BCUT2D eigenvalue weighted by Crippen LogP contribution is 2.46. The van der Waals surface area contributed by atoms with E-state index in [2.05, 4.69) is 25.3 Å². The van der Waals surface area contributed by atoms with E-state index >= 15 is 0 Å². The monoisotopic (exact) mass is 668 g/mol. The summed E-state index contributed by atoms with van der Waals surface area (Å²) >= 11 is 0. The van der Waals surface area contributed by atoms with E-state index in [-0.39, 0.29) is 35.4 Å². The van der Waals surface area contributed by atoms with Crippen LogP contribution in [0.25, 0.3) is 11.0 Å². The van der Waals surface area contributed by atoms with Crippen LogP contribution in [0.2, 0.25) is 0 Å². The van der Waals surface area contributed by atoms with Crippen LogP contribution >= 0.6 is 7.44 Å². The maximum atomic E-state index is 13.9. The number of piperazine rings is 1. The lowest BCUT2D eigenvalue weighted by Crippen LogP contribution is -2.49. The zero-order valence-electron chi connectivity index (χ0n) is 28.0. The highest BCUT2D eigenvalue weighted by molar-refractivity contribution is 7.59. The van der Waals surface area contributed by atoms with Gasteiger partial charge >= 0.3 is 5.97 Å². The summed E-state index contributed by atoms with van der Waals surface area (Å²) in [5.74, 6) is 0.132. The van der Waals surface area contributed by atoms with Crippen LogP contribution < -0.4 is 20.9 Å². The third-order valence-electron chi connectivity index (χ3n) is 8.72. The zero-order valence-corrected chi connectivity index (χ0v) is 28.9. The predicted octanol–water partition coefficient (Wildman–Crippen LogP) is 4.40. The van der Waals surface area contributed by atoms with Gasteiger partial charge in [-0.2, -0.15) is 4.98 Å². The molecule has 3 aromatic heterocycles. The zero-order chi connectivity index (χ0) is 33.9. The van der Waals surface area contributed by atoms with E-state index in [1.54, 1.807) is 44.7 Å². The number of nitrogens with zero attached hydrogens (tertiary/aromatic N) is 6. The van der Waals surface area contributed by atoms with Crippen LogP contribution in [-0.4, -0.2) is 87.7 Å². The normalized spacial score (nSPS) is 18.0. The molecule has 1 saturated heterocycles. The van der Waals surface area contributed by atoms with Gasteiger partial charge in [0, 0.05) is 50.9 Å². The van der Waals surface area contributed by atoms with Crippen LogP contribution in [0.3, 0.4) is 0 Å². The number of methoxy groups -OCH3 is 1. The molecule has 0 bridgehead atoms. The standard InChI is InChI=1S/C32H45N8O6P/c1-20(2)46-31(43)22(4)37-47(44,19-45-6)39-15-13-38(14-16-39)25-11-12-27(33-17-25)35-32-34-18-26-21(3)28(23(5)41)30(42)40(29(26)36-32)24-9-7-8-10-24/h11-12,17-18,20,22,24H,7-10,13-16,19H2,1-6H3,(H,37,44)(H,33,34,35,36)/t22-,47?/m0/s1. The number of nitrogens with one attached hydrogen (secondary N) is 2. The second-order valence-corrected chi connectivity index (χ2v) is 15.0. The van der Waals surface area contributed by atoms with Crippen molar-refractivity contribution in [3.8, 4) is 0 Å². The Hall–Kier alpha value is -3.71. The van der Waals surface area contributed by atoms with Gasteiger partial charge in [0.15, 0.2) is 5.78 Å². The van der Waals surface area contributed by atoms with Crippen molar-refractivity contribution in [2.24, 2.45) is 0 Å². The third-order valence-corrected chi connectivity index (χ3v) is 11.4. The van der Waals surface area contributed by atoms with Gasteiger partial charge < -0.3 is 19.7 Å². The van der Waals surface area contributed by atoms with Gasteiger partial charge in [0.05, 0.1) is 23.6 Å². The summed E-state index contributed by atoms with van der Waals surface area (Å²) in [6.45, 7) is 10.6. The fourth-order valence-corrected chi connectivity index (χ4v) is 8.70. The van der Waals surface area contributed by atoms with Crippen LogP contribution in [-0.2, 0) is 18.8 Å². The molecule has 1 unspecified atom stereocenters. The Kier molecular flexibility index (Phi) is 10.7. The summed E-state index contributed by atoms with van der Waals surface area (Å²) in [6.07, 6.45) is 6.92. The first-order valence-electron chi connectivity index (χ1n) is 16.1. The van der Waals surface area contributed by atoms with Crippen molar-refractivity contribution >= 4 is 47.7 Å². The number of pyridine rings is 2. The first-order chi connectivity index (χ1) is 22.4. The number of esters is 1. The molecule has 14 nitrogen and oxygen atoms in total. The summed E-state index contributed by atoms with van der Waals surface area (Å²) in [6, 6.07) is 3.03. The Morgan fingerprint density at radius 2 is 1.77 bits per heavy atom. The Morgan fingerprint density at radius 3 is 2.36 bits per heavy atom. The molecule has 1 saturated carbocycles. The molecule has 3 aromatic rings. The lowest BCUT2D eigenvalue weighted by Gasteiger charge is -2.40. The van der Waals surface area contributed by atoms with Gasteiger partial charge in [-0.3, -0.25) is 23.5 Å². The summed E-state index contributed by atoms with van der Waals surface area (Å²) in [4.78, 5) is 54.2. The summed E-state index contributed by atoms with van der Waals surface area (Å²) in [5.41, 5.74) is 1.92. The quantitative estimate of drug-likeness (QED) is 0.159. The molecular weight excluding hydrogens is 623 g/mol. The molecule has 1 aliphatic carbocycles. The summed E-state index contributed by atoms with van der Waals surface area (Å²) in [5, 5.41) is 6.84. The predicted molar refractivity (Wildman–Crippen MR) is 181 cm³/mol. The minimum atomic E-state index is -3.20. The average molecular weight is 669 g/mol. The number of fused-ring (bicyclic) bond motifs is 1. The summed E-state index contributed by atoms with van der Waals surface area (Å²) < 4.78 is 28.0. The molecule has 2 aliphatic rings. The first kappa shape index (κ1) is 34.6. The molecule has 2 fully saturated rings. The fraction of sp³-hybridized carbons (Fsp3) is 0.562. The third kappa shape index (κ3) is 7.56. The average Bonchev–Trinajstić information content (AvgIpc) is 3.56. The number of anilines is 3. The van der Waals surface area contributed by atoms with Gasteiger partial charge in [-0.15, -0.1) is 0 Å². The fourth-order valence-electron chi connectivity index (χ4n) is 6.41. The van der Waals surface area contributed by atoms with E-state index in [4.69, 9.17) is 14.5 Å². The highest BCUT2D eigenvalue weighted by atomic mass is 31.2. The van der Waals surface area contributed by atoms with Crippen LogP contribution in [0.4, 0.5) is 17.5 Å². The number of Topliss-reactive ketones (excluding diaryl/α,β-unsaturated/α-hetero) is 1.